The average Bonchev–Trinajstić information content (AvgIpc) is 3.42. The lowest BCUT2D eigenvalue weighted by atomic mass is 9.59. The van der Waals surface area contributed by atoms with Crippen LogP contribution in [-0.4, -0.2) is 11.6 Å². The van der Waals surface area contributed by atoms with Gasteiger partial charge in [-0.25, -0.2) is 0 Å². The molecule has 0 saturated carbocycles. The van der Waals surface area contributed by atoms with Gasteiger partial charge in [-0.15, -0.1) is 0 Å². The van der Waals surface area contributed by atoms with Gasteiger partial charge in [-0.3, -0.25) is 9.59 Å². The molecule has 2 aliphatic heterocycles. The van der Waals surface area contributed by atoms with Crippen LogP contribution in [0.5, 0.6) is 0 Å². The van der Waals surface area contributed by atoms with E-state index in [-0.39, 0.29) is 28.3 Å². The van der Waals surface area contributed by atoms with Crippen LogP contribution in [-0.2, 0) is 9.59 Å². The topological polar surface area (TPSA) is 34.1 Å². The Bertz CT molecular complexity index is 1160. The summed E-state index contributed by atoms with van der Waals surface area (Å²) < 4.78 is 2.57. The summed E-state index contributed by atoms with van der Waals surface area (Å²) in [5.41, 5.74) is 3.18. The van der Waals surface area contributed by atoms with Crippen LogP contribution in [0.3, 0.4) is 0 Å². The fourth-order valence-electron chi connectivity index (χ4n) is 4.65. The molecule has 2 heterocycles. The number of Topliss-reactive ketones (excluding diaryl/α,β-unsaturated/α-hetero) is 2. The third kappa shape index (κ3) is 4.15. The third-order valence-corrected chi connectivity index (χ3v) is 11.4. The minimum Gasteiger partial charge on any atom is -0.294 e. The lowest BCUT2D eigenvalue weighted by molar-refractivity contribution is -0.121. The zero-order chi connectivity index (χ0) is 23.7. The maximum Gasteiger partial charge on any atom is 0.167 e. The second kappa shape index (κ2) is 8.25. The fourth-order valence-corrected chi connectivity index (χ4v) is 9.12. The molecule has 0 N–H and O–H groups in total. The smallest absolute Gasteiger partial charge is 0.167 e. The van der Waals surface area contributed by atoms with E-state index in [1.807, 2.05) is 6.08 Å². The quantitative estimate of drug-likeness (QED) is 0.353. The highest BCUT2D eigenvalue weighted by Gasteiger charge is 2.49. The molecule has 0 saturated heterocycles. The van der Waals surface area contributed by atoms with Crippen molar-refractivity contribution in [2.45, 2.75) is 41.5 Å². The number of hydrogen-bond donors (Lipinski definition) is 0. The molecule has 0 bridgehead atoms. The van der Waals surface area contributed by atoms with E-state index in [2.05, 4.69) is 76.0 Å². The van der Waals surface area contributed by atoms with Crippen molar-refractivity contribution < 1.29 is 9.59 Å². The summed E-state index contributed by atoms with van der Waals surface area (Å²) in [7, 11) is 0. The zero-order valence-electron chi connectivity index (χ0n) is 19.6. The van der Waals surface area contributed by atoms with E-state index in [1.54, 1.807) is 47.0 Å². The molecule has 2 nitrogen and oxygen atoms in total. The summed E-state index contributed by atoms with van der Waals surface area (Å²) in [5.74, 6) is 0.570. The third-order valence-electron chi connectivity index (χ3n) is 6.37. The lowest BCUT2D eigenvalue weighted by Crippen LogP contribution is -2.42. The lowest BCUT2D eigenvalue weighted by Gasteiger charge is -2.43. The van der Waals surface area contributed by atoms with Gasteiger partial charge in [-0.2, -0.15) is 0 Å². The SMILES string of the molecule is CC(C)(C)C1=CC2=CC(C(C)(C)C)C(=O)C3=CC(C4=CSC(=C5SC=CS5)S4)=CC([C]23)C1=O. The summed E-state index contributed by atoms with van der Waals surface area (Å²) in [6.45, 7) is 12.6. The number of carbonyl (C=O) groups is 2. The molecule has 5 rings (SSSR count). The molecular formula is C27H27O2S4. The molecule has 2 unspecified atom stereocenters. The van der Waals surface area contributed by atoms with Gasteiger partial charge in [0.25, 0.3) is 0 Å². The van der Waals surface area contributed by atoms with Gasteiger partial charge in [0.05, 0.1) is 20.3 Å². The van der Waals surface area contributed by atoms with Gasteiger partial charge in [0.1, 0.15) is 0 Å². The second-order valence-electron chi connectivity index (χ2n) is 10.9. The van der Waals surface area contributed by atoms with E-state index in [1.165, 1.54) is 8.47 Å². The number of allylic oxidation sites excluding steroid dienone is 8. The molecule has 6 heteroatoms. The summed E-state index contributed by atoms with van der Waals surface area (Å²) in [4.78, 5) is 28.5. The van der Waals surface area contributed by atoms with E-state index in [0.29, 0.717) is 0 Å². The Labute approximate surface area is 213 Å². The maximum atomic E-state index is 13.7. The molecule has 0 aromatic heterocycles. The molecule has 33 heavy (non-hydrogen) atoms. The van der Waals surface area contributed by atoms with Gasteiger partial charge >= 0.3 is 0 Å². The van der Waals surface area contributed by atoms with Crippen LogP contribution in [0.15, 0.2) is 76.2 Å². The predicted molar refractivity (Wildman–Crippen MR) is 146 cm³/mol. The van der Waals surface area contributed by atoms with Crippen LogP contribution < -0.4 is 0 Å². The van der Waals surface area contributed by atoms with E-state index in [0.717, 1.165) is 33.1 Å². The van der Waals surface area contributed by atoms with Crippen LogP contribution in [0.4, 0.5) is 0 Å². The molecule has 1 radical (unpaired) electrons. The Morgan fingerprint density at radius 3 is 2.12 bits per heavy atom. The van der Waals surface area contributed by atoms with Crippen LogP contribution in [0.25, 0.3) is 0 Å². The summed E-state index contributed by atoms with van der Waals surface area (Å²) in [6, 6.07) is 0. The minimum absolute atomic E-state index is 0.126. The van der Waals surface area contributed by atoms with E-state index in [4.69, 9.17) is 0 Å². The number of rotatable bonds is 1. The van der Waals surface area contributed by atoms with Crippen molar-refractivity contribution in [1.29, 1.82) is 0 Å². The van der Waals surface area contributed by atoms with E-state index >= 15 is 0 Å². The van der Waals surface area contributed by atoms with Crippen molar-refractivity contribution in [3.05, 3.63) is 82.1 Å². The van der Waals surface area contributed by atoms with Crippen molar-refractivity contribution in [3.8, 4) is 0 Å². The Kier molecular flexibility index (Phi) is 5.91. The van der Waals surface area contributed by atoms with Gasteiger partial charge in [0, 0.05) is 22.0 Å². The van der Waals surface area contributed by atoms with Gasteiger partial charge in [-0.05, 0) is 44.3 Å². The summed E-state index contributed by atoms with van der Waals surface area (Å²) in [5, 5.41) is 6.38. The highest BCUT2D eigenvalue weighted by molar-refractivity contribution is 8.33. The van der Waals surface area contributed by atoms with Crippen LogP contribution in [0.1, 0.15) is 41.5 Å². The first-order valence-electron chi connectivity index (χ1n) is 11.1. The first kappa shape index (κ1) is 23.7. The molecule has 0 aromatic carbocycles. The minimum atomic E-state index is -0.393. The van der Waals surface area contributed by atoms with Crippen LogP contribution in [0.2, 0.25) is 0 Å². The van der Waals surface area contributed by atoms with Gasteiger partial charge in [0.2, 0.25) is 0 Å². The number of thioether (sulfide) groups is 4. The zero-order valence-corrected chi connectivity index (χ0v) is 22.9. The Hall–Kier alpha value is -1.08. The van der Waals surface area contributed by atoms with Crippen molar-refractivity contribution >= 4 is 58.6 Å². The molecule has 0 aromatic rings. The first-order chi connectivity index (χ1) is 15.4. The van der Waals surface area contributed by atoms with E-state index in [9.17, 15) is 9.59 Å². The van der Waals surface area contributed by atoms with Gasteiger partial charge in [0.15, 0.2) is 11.6 Å². The monoisotopic (exact) mass is 511 g/mol. The normalized spacial score (nSPS) is 27.9. The van der Waals surface area contributed by atoms with E-state index < -0.39 is 5.92 Å². The van der Waals surface area contributed by atoms with Crippen LogP contribution >= 0.6 is 47.0 Å². The number of hydrogen-bond acceptors (Lipinski definition) is 6. The number of carbonyl (C=O) groups excluding carboxylic acids is 2. The Morgan fingerprint density at radius 2 is 1.48 bits per heavy atom. The van der Waals surface area contributed by atoms with Gasteiger partial charge < -0.3 is 0 Å². The predicted octanol–water partition coefficient (Wildman–Crippen LogP) is 8.17. The maximum absolute atomic E-state index is 13.7. The molecule has 0 amide bonds. The first-order valence-corrected chi connectivity index (χ1v) is 14.5. The summed E-state index contributed by atoms with van der Waals surface area (Å²) in [6.07, 6.45) is 8.31. The molecule has 0 spiro atoms. The van der Waals surface area contributed by atoms with Crippen molar-refractivity contribution in [2.24, 2.45) is 22.7 Å². The summed E-state index contributed by atoms with van der Waals surface area (Å²) >= 11 is 6.99. The standard InChI is InChI=1S/C27H27O2S4/c1-26(2,3)18-11-15-12-19(27(4,5)6)23(29)17-10-14(9-16(21(15)17)22(18)28)20-13-32-25(33-20)24-30-7-8-31-24/h7-13,16,19H,1-6H3. The van der Waals surface area contributed by atoms with Crippen molar-refractivity contribution in [1.82, 2.24) is 0 Å². The van der Waals surface area contributed by atoms with Crippen molar-refractivity contribution in [3.63, 3.8) is 0 Å². The second-order valence-corrected chi connectivity index (χ2v) is 15.1. The van der Waals surface area contributed by atoms with Gasteiger partial charge in [-0.1, -0.05) is 107 Å². The molecular weight excluding hydrogens is 485 g/mol. The molecule has 5 aliphatic rings. The van der Waals surface area contributed by atoms with Crippen LogP contribution in [0, 0.1) is 28.6 Å². The fraction of sp³-hybridized carbons (Fsp3) is 0.370. The molecule has 171 valence electrons. The largest absolute Gasteiger partial charge is 0.294 e. The van der Waals surface area contributed by atoms with Crippen molar-refractivity contribution in [2.75, 3.05) is 0 Å². The molecule has 3 aliphatic carbocycles. The molecule has 0 fully saturated rings. The highest BCUT2D eigenvalue weighted by Crippen LogP contribution is 2.57. The highest BCUT2D eigenvalue weighted by atomic mass is 32.2. The number of ketones is 2. The Morgan fingerprint density at radius 1 is 0.788 bits per heavy atom. The Balaban J connectivity index is 1.61. The molecule has 2 atom stereocenters. The average molecular weight is 512 g/mol.